The number of carbonyl (C=O) groups excluding carboxylic acids is 1. The number of benzene rings is 1. The first-order valence-electron chi connectivity index (χ1n) is 10.7. The van der Waals surface area contributed by atoms with Crippen LogP contribution in [-0.4, -0.2) is 25.6 Å². The Kier molecular flexibility index (Phi) is 6.52. The zero-order valence-corrected chi connectivity index (χ0v) is 18.0. The molecule has 0 atom stereocenters. The van der Waals surface area contributed by atoms with E-state index >= 15 is 0 Å². The van der Waals surface area contributed by atoms with Crippen molar-refractivity contribution in [3.63, 3.8) is 0 Å². The van der Waals surface area contributed by atoms with Gasteiger partial charge in [0.05, 0.1) is 17.8 Å². The molecule has 3 N–H and O–H groups in total. The molecule has 2 bridgehead atoms. The second kappa shape index (κ2) is 8.77. The molecule has 1 aromatic rings. The van der Waals surface area contributed by atoms with Gasteiger partial charge in [0, 0.05) is 24.1 Å². The van der Waals surface area contributed by atoms with Gasteiger partial charge in [-0.15, -0.1) is 0 Å². The van der Waals surface area contributed by atoms with E-state index in [0.717, 1.165) is 38.5 Å². The van der Waals surface area contributed by atoms with Gasteiger partial charge >= 0.3 is 0 Å². The lowest BCUT2D eigenvalue weighted by Gasteiger charge is -2.53. The second-order valence-corrected chi connectivity index (χ2v) is 9.52. The molecule has 3 aliphatic carbocycles. The maximum absolute atomic E-state index is 12.9. The number of ether oxygens (including phenoxy) is 1. The maximum atomic E-state index is 12.9. The Morgan fingerprint density at radius 2 is 1.83 bits per heavy atom. The Morgan fingerprint density at radius 3 is 2.33 bits per heavy atom. The summed E-state index contributed by atoms with van der Waals surface area (Å²) in [5.41, 5.74) is 6.45. The van der Waals surface area contributed by atoms with Crippen LogP contribution in [0.25, 0.3) is 0 Å². The molecular formula is C24H32FN3O2. The fourth-order valence-electron chi connectivity index (χ4n) is 4.70. The maximum Gasteiger partial charge on any atom is 0.226 e. The van der Waals surface area contributed by atoms with E-state index in [0.29, 0.717) is 24.2 Å². The Morgan fingerprint density at radius 1 is 1.23 bits per heavy atom. The van der Waals surface area contributed by atoms with Gasteiger partial charge in [0.25, 0.3) is 0 Å². The van der Waals surface area contributed by atoms with Gasteiger partial charge in [-0.25, -0.2) is 4.39 Å². The van der Waals surface area contributed by atoms with E-state index in [2.05, 4.69) is 23.5 Å². The van der Waals surface area contributed by atoms with Gasteiger partial charge < -0.3 is 15.8 Å². The summed E-state index contributed by atoms with van der Waals surface area (Å²) in [7, 11) is 0. The summed E-state index contributed by atoms with van der Waals surface area (Å²) in [6, 6.07) is 10.3. The molecule has 4 rings (SSSR count). The molecule has 3 fully saturated rings. The summed E-state index contributed by atoms with van der Waals surface area (Å²) in [5, 5.41) is 12.2. The van der Waals surface area contributed by atoms with Crippen molar-refractivity contribution in [2.24, 2.45) is 16.6 Å². The van der Waals surface area contributed by atoms with Crippen molar-refractivity contribution < 1.29 is 13.9 Å². The fraction of sp³-hybridized carbons (Fsp3) is 0.583. The number of carbonyl (C=O) groups is 1. The molecule has 162 valence electrons. The van der Waals surface area contributed by atoms with E-state index in [-0.39, 0.29) is 29.9 Å². The third kappa shape index (κ3) is 4.52. The molecule has 0 unspecified atom stereocenters. The SMILES string of the molecule is CC(C)(C#N)CNC(=O)C12CCC(c3ccc(OC/C(=C/F)CN)cc3)(CC1)CC2. The number of amides is 1. The number of rotatable bonds is 8. The van der Waals surface area contributed by atoms with Crippen molar-refractivity contribution in [2.75, 3.05) is 19.7 Å². The van der Waals surface area contributed by atoms with E-state index in [1.54, 1.807) is 0 Å². The van der Waals surface area contributed by atoms with Gasteiger partial charge in [-0.3, -0.25) is 4.79 Å². The molecule has 0 aromatic heterocycles. The molecular weight excluding hydrogens is 381 g/mol. The topological polar surface area (TPSA) is 88.1 Å². The van der Waals surface area contributed by atoms with Crippen LogP contribution in [-0.2, 0) is 10.2 Å². The number of nitrogens with one attached hydrogen (secondary N) is 1. The van der Waals surface area contributed by atoms with Crippen LogP contribution in [0.5, 0.6) is 5.75 Å². The molecule has 1 aromatic carbocycles. The average Bonchev–Trinajstić information content (AvgIpc) is 2.79. The third-order valence-corrected chi connectivity index (χ3v) is 7.03. The van der Waals surface area contributed by atoms with Crippen LogP contribution < -0.4 is 15.8 Å². The van der Waals surface area contributed by atoms with Crippen molar-refractivity contribution >= 4 is 5.91 Å². The molecule has 0 spiro atoms. The molecule has 6 heteroatoms. The lowest BCUT2D eigenvalue weighted by Crippen LogP contribution is -2.52. The summed E-state index contributed by atoms with van der Waals surface area (Å²) < 4.78 is 18.2. The van der Waals surface area contributed by atoms with E-state index in [4.69, 9.17) is 10.5 Å². The minimum atomic E-state index is -0.548. The summed E-state index contributed by atoms with van der Waals surface area (Å²) in [6.45, 7) is 4.37. The van der Waals surface area contributed by atoms with Crippen LogP contribution >= 0.6 is 0 Å². The third-order valence-electron chi connectivity index (χ3n) is 7.03. The zero-order chi connectivity index (χ0) is 21.8. The smallest absolute Gasteiger partial charge is 0.226 e. The minimum Gasteiger partial charge on any atom is -0.489 e. The number of nitrogens with zero attached hydrogens (tertiary/aromatic N) is 1. The van der Waals surface area contributed by atoms with Crippen LogP contribution in [0.2, 0.25) is 0 Å². The Labute approximate surface area is 178 Å². The average molecular weight is 414 g/mol. The first kappa shape index (κ1) is 22.3. The Balaban J connectivity index is 1.61. The number of nitrogens with two attached hydrogens (primary N) is 1. The van der Waals surface area contributed by atoms with Gasteiger partial charge in [0.2, 0.25) is 5.91 Å². The normalized spacial score (nSPS) is 26.2. The molecule has 0 radical (unpaired) electrons. The second-order valence-electron chi connectivity index (χ2n) is 9.52. The van der Waals surface area contributed by atoms with Gasteiger partial charge in [-0.2, -0.15) is 5.26 Å². The summed E-state index contributed by atoms with van der Waals surface area (Å²) in [5.74, 6) is 0.808. The van der Waals surface area contributed by atoms with Crippen molar-refractivity contribution in [2.45, 2.75) is 57.8 Å². The Hall–Kier alpha value is -2.39. The first-order valence-corrected chi connectivity index (χ1v) is 10.7. The molecule has 0 saturated heterocycles. The first-order chi connectivity index (χ1) is 14.3. The summed E-state index contributed by atoms with van der Waals surface area (Å²) in [6.07, 6.45) is 6.11. The van der Waals surface area contributed by atoms with E-state index in [1.165, 1.54) is 5.56 Å². The number of hydrogen-bond donors (Lipinski definition) is 2. The molecule has 5 nitrogen and oxygen atoms in total. The summed E-state index contributed by atoms with van der Waals surface area (Å²) >= 11 is 0. The van der Waals surface area contributed by atoms with Crippen LogP contribution in [0, 0.1) is 22.2 Å². The highest BCUT2D eigenvalue weighted by Crippen LogP contribution is 2.57. The predicted molar refractivity (Wildman–Crippen MR) is 114 cm³/mol. The monoisotopic (exact) mass is 413 g/mol. The van der Waals surface area contributed by atoms with Gasteiger partial charge in [-0.05, 0) is 75.5 Å². The summed E-state index contributed by atoms with van der Waals surface area (Å²) in [4.78, 5) is 12.9. The molecule has 0 heterocycles. The molecule has 1 amide bonds. The van der Waals surface area contributed by atoms with Gasteiger partial charge in [0.15, 0.2) is 0 Å². The quantitative estimate of drug-likeness (QED) is 0.671. The predicted octanol–water partition coefficient (Wildman–Crippen LogP) is 4.14. The number of nitriles is 1. The lowest BCUT2D eigenvalue weighted by atomic mass is 9.51. The number of halogens is 1. The van der Waals surface area contributed by atoms with Crippen LogP contribution in [0.3, 0.4) is 0 Å². The van der Waals surface area contributed by atoms with Crippen molar-refractivity contribution in [1.82, 2.24) is 5.32 Å². The number of fused-ring (bicyclic) bond motifs is 3. The molecule has 3 aliphatic rings. The van der Waals surface area contributed by atoms with Gasteiger partial charge in [0.1, 0.15) is 12.4 Å². The highest BCUT2D eigenvalue weighted by molar-refractivity contribution is 5.83. The molecule has 0 aliphatic heterocycles. The number of hydrogen-bond acceptors (Lipinski definition) is 4. The lowest BCUT2D eigenvalue weighted by molar-refractivity contribution is -0.138. The largest absolute Gasteiger partial charge is 0.489 e. The van der Waals surface area contributed by atoms with Crippen LogP contribution in [0.15, 0.2) is 36.2 Å². The van der Waals surface area contributed by atoms with Crippen LogP contribution in [0.4, 0.5) is 4.39 Å². The minimum absolute atomic E-state index is 0.111. The Bertz CT molecular complexity index is 814. The molecule has 3 saturated carbocycles. The van der Waals surface area contributed by atoms with E-state index < -0.39 is 5.41 Å². The molecule has 30 heavy (non-hydrogen) atoms. The van der Waals surface area contributed by atoms with Gasteiger partial charge in [-0.1, -0.05) is 12.1 Å². The van der Waals surface area contributed by atoms with Crippen molar-refractivity contribution in [3.8, 4) is 11.8 Å². The van der Waals surface area contributed by atoms with Crippen molar-refractivity contribution in [3.05, 3.63) is 41.7 Å². The standard InChI is InChI=1S/C24H32FN3O2/c1-22(2,16-27)17-28-21(29)24-10-7-23(8-11-24,9-12-24)19-3-5-20(6-4-19)30-15-18(13-25)14-26/h3-6,13H,7-12,14-15,17,26H2,1-2H3,(H,28,29)/b18-13+. The van der Waals surface area contributed by atoms with E-state index in [9.17, 15) is 14.4 Å². The van der Waals surface area contributed by atoms with Crippen LogP contribution in [0.1, 0.15) is 57.9 Å². The zero-order valence-electron chi connectivity index (χ0n) is 18.0. The fourth-order valence-corrected chi connectivity index (χ4v) is 4.70. The highest BCUT2D eigenvalue weighted by Gasteiger charge is 2.52. The van der Waals surface area contributed by atoms with E-state index in [1.807, 2.05) is 26.0 Å². The highest BCUT2D eigenvalue weighted by atomic mass is 19.1. The van der Waals surface area contributed by atoms with Crippen molar-refractivity contribution in [1.29, 1.82) is 5.26 Å².